The van der Waals surface area contributed by atoms with Crippen LogP contribution in [0.5, 0.6) is 0 Å². The first-order chi connectivity index (χ1) is 13.1. The Morgan fingerprint density at radius 2 is 1.93 bits per heavy atom. The summed E-state index contributed by atoms with van der Waals surface area (Å²) < 4.78 is 32.7. The largest absolute Gasteiger partial charge is 0.444 e. The van der Waals surface area contributed by atoms with E-state index in [2.05, 4.69) is 11.3 Å². The molecule has 4 rings (SSSR count). The minimum absolute atomic E-state index is 0.209. The van der Waals surface area contributed by atoms with Crippen molar-refractivity contribution in [3.05, 3.63) is 42.5 Å². The van der Waals surface area contributed by atoms with Gasteiger partial charge < -0.3 is 9.64 Å². The van der Waals surface area contributed by atoms with Gasteiger partial charge in [0.1, 0.15) is 5.60 Å². The van der Waals surface area contributed by atoms with Crippen LogP contribution < -0.4 is 4.72 Å². The molecule has 0 aromatic heterocycles. The molecule has 2 unspecified atom stereocenters. The van der Waals surface area contributed by atoms with Crippen molar-refractivity contribution in [2.45, 2.75) is 49.9 Å². The number of sulfonamides is 1. The summed E-state index contributed by atoms with van der Waals surface area (Å²) in [6.07, 6.45) is 3.15. The minimum atomic E-state index is -3.29. The zero-order valence-electron chi connectivity index (χ0n) is 16.6. The second kappa shape index (κ2) is 6.24. The highest BCUT2D eigenvalue weighted by Gasteiger charge is 2.68. The van der Waals surface area contributed by atoms with Crippen LogP contribution in [0.2, 0.25) is 0 Å². The molecule has 28 heavy (non-hydrogen) atoms. The third-order valence-corrected chi connectivity index (χ3v) is 7.88. The number of likely N-dealkylation sites (tertiary alicyclic amines) is 1. The molecule has 1 saturated heterocycles. The van der Waals surface area contributed by atoms with Gasteiger partial charge in [-0.2, -0.15) is 0 Å². The lowest BCUT2D eigenvalue weighted by Gasteiger charge is -2.28. The predicted molar refractivity (Wildman–Crippen MR) is 109 cm³/mol. The molecule has 1 N–H and O–H groups in total. The Morgan fingerprint density at radius 3 is 2.46 bits per heavy atom. The average Bonchev–Trinajstić information content (AvgIpc) is 3.49. The van der Waals surface area contributed by atoms with Crippen LogP contribution in [-0.4, -0.2) is 43.4 Å². The monoisotopic (exact) mass is 404 g/mol. The Labute approximate surface area is 167 Å². The lowest BCUT2D eigenvalue weighted by molar-refractivity contribution is 0.0265. The highest BCUT2D eigenvalue weighted by Crippen LogP contribution is 2.64. The van der Waals surface area contributed by atoms with Gasteiger partial charge in [-0.1, -0.05) is 18.2 Å². The Bertz CT molecular complexity index is 903. The van der Waals surface area contributed by atoms with Gasteiger partial charge in [0.15, 0.2) is 0 Å². The number of nitrogens with zero attached hydrogens (tertiary/aromatic N) is 1. The molecule has 2 saturated carbocycles. The quantitative estimate of drug-likeness (QED) is 0.762. The summed E-state index contributed by atoms with van der Waals surface area (Å²) in [6.45, 7) is 10.9. The van der Waals surface area contributed by atoms with Crippen LogP contribution in [0.1, 0.15) is 39.2 Å². The van der Waals surface area contributed by atoms with Crippen molar-refractivity contribution in [3.63, 3.8) is 0 Å². The van der Waals surface area contributed by atoms with Gasteiger partial charge in [0.25, 0.3) is 0 Å². The normalized spacial score (nSPS) is 29.2. The summed E-state index contributed by atoms with van der Waals surface area (Å²) in [5, 5.41) is -0.257. The number of piperidine rings is 1. The van der Waals surface area contributed by atoms with E-state index >= 15 is 0 Å². The number of ether oxygens (including phenoxy) is 1. The van der Waals surface area contributed by atoms with Crippen LogP contribution in [0.15, 0.2) is 36.9 Å². The van der Waals surface area contributed by atoms with Crippen molar-refractivity contribution in [1.29, 1.82) is 0 Å². The van der Waals surface area contributed by atoms with Gasteiger partial charge >= 0.3 is 6.09 Å². The topological polar surface area (TPSA) is 75.7 Å². The smallest absolute Gasteiger partial charge is 0.410 e. The van der Waals surface area contributed by atoms with Gasteiger partial charge in [0.2, 0.25) is 10.0 Å². The third kappa shape index (κ3) is 3.30. The van der Waals surface area contributed by atoms with Crippen molar-refractivity contribution in [2.75, 3.05) is 17.8 Å². The molecular formula is C21H28N2O4S. The van der Waals surface area contributed by atoms with E-state index in [1.807, 2.05) is 45.0 Å². The molecule has 1 heterocycles. The first-order valence-electron chi connectivity index (χ1n) is 9.80. The number of allylic oxidation sites excluding steroid dienone is 1. The number of benzene rings is 1. The van der Waals surface area contributed by atoms with Gasteiger partial charge in [-0.3, -0.25) is 4.72 Å². The van der Waals surface area contributed by atoms with Gasteiger partial charge in [0, 0.05) is 24.2 Å². The summed E-state index contributed by atoms with van der Waals surface area (Å²) in [4.78, 5) is 14.1. The maximum Gasteiger partial charge on any atom is 0.410 e. The SMILES string of the molecule is C=CC1(c2cccc(NS(=O)(=O)C3CC3)c2)C2CN(C(=O)OC(C)(C)C)CC21. The van der Waals surface area contributed by atoms with Crippen molar-refractivity contribution >= 4 is 21.8 Å². The standard InChI is InChI=1S/C21H28N2O4S/c1-5-21(17-12-23(13-18(17)21)19(24)27-20(2,3)4)14-7-6-8-15(11-14)22-28(25,26)16-9-10-16/h5-8,11,16-18,22H,1,9-10,12-13H2,2-4H3. The lowest BCUT2D eigenvalue weighted by Crippen LogP contribution is -2.38. The predicted octanol–water partition coefficient (Wildman–Crippen LogP) is 3.51. The summed E-state index contributed by atoms with van der Waals surface area (Å²) >= 11 is 0. The maximum atomic E-state index is 12.3. The van der Waals surface area contributed by atoms with Crippen LogP contribution in [0.25, 0.3) is 0 Å². The molecule has 1 aliphatic heterocycles. The molecule has 1 aromatic carbocycles. The number of nitrogens with one attached hydrogen (secondary N) is 1. The molecule has 1 amide bonds. The van der Waals surface area contributed by atoms with Gasteiger partial charge in [0.05, 0.1) is 5.25 Å². The molecule has 1 aromatic rings. The van der Waals surface area contributed by atoms with E-state index in [0.717, 1.165) is 18.4 Å². The lowest BCUT2D eigenvalue weighted by atomic mass is 9.90. The number of hydrogen-bond acceptors (Lipinski definition) is 4. The van der Waals surface area contributed by atoms with Crippen LogP contribution >= 0.6 is 0 Å². The van der Waals surface area contributed by atoms with Crippen molar-refractivity contribution in [1.82, 2.24) is 4.90 Å². The molecule has 2 atom stereocenters. The summed E-state index contributed by atoms with van der Waals surface area (Å²) in [7, 11) is -3.29. The van der Waals surface area contributed by atoms with Crippen molar-refractivity contribution < 1.29 is 17.9 Å². The number of fused-ring (bicyclic) bond motifs is 1. The fourth-order valence-electron chi connectivity index (χ4n) is 4.47. The molecule has 2 aliphatic carbocycles. The summed E-state index contributed by atoms with van der Waals surface area (Å²) in [5.41, 5.74) is 0.934. The Morgan fingerprint density at radius 1 is 1.29 bits per heavy atom. The number of amides is 1. The fraction of sp³-hybridized carbons (Fsp3) is 0.571. The number of hydrogen-bond donors (Lipinski definition) is 1. The zero-order chi connectivity index (χ0) is 20.3. The molecule has 3 fully saturated rings. The highest BCUT2D eigenvalue weighted by atomic mass is 32.2. The first-order valence-corrected chi connectivity index (χ1v) is 11.3. The Balaban J connectivity index is 1.49. The van der Waals surface area contributed by atoms with E-state index in [0.29, 0.717) is 18.8 Å². The summed E-state index contributed by atoms with van der Waals surface area (Å²) in [5.74, 6) is 0.570. The Hall–Kier alpha value is -2.02. The van der Waals surface area contributed by atoms with Gasteiger partial charge in [-0.25, -0.2) is 13.2 Å². The van der Waals surface area contributed by atoms with Gasteiger partial charge in [-0.15, -0.1) is 6.58 Å². The number of carbonyl (C=O) groups excluding carboxylic acids is 1. The van der Waals surface area contributed by atoms with Gasteiger partial charge in [-0.05, 0) is 63.1 Å². The fourth-order valence-corrected chi connectivity index (χ4v) is 5.85. The van der Waals surface area contributed by atoms with Crippen LogP contribution in [0.4, 0.5) is 10.5 Å². The minimum Gasteiger partial charge on any atom is -0.444 e. The highest BCUT2D eigenvalue weighted by molar-refractivity contribution is 7.93. The molecule has 0 bridgehead atoms. The molecule has 0 spiro atoms. The molecule has 0 radical (unpaired) electrons. The second-order valence-corrected chi connectivity index (χ2v) is 11.1. The van der Waals surface area contributed by atoms with Crippen LogP contribution in [0, 0.1) is 11.8 Å². The van der Waals surface area contributed by atoms with E-state index in [1.54, 1.807) is 11.0 Å². The van der Waals surface area contributed by atoms with E-state index < -0.39 is 15.6 Å². The van der Waals surface area contributed by atoms with E-state index in [4.69, 9.17) is 4.74 Å². The summed E-state index contributed by atoms with van der Waals surface area (Å²) in [6, 6.07) is 7.60. The third-order valence-electron chi connectivity index (χ3n) is 6.01. The molecule has 6 nitrogen and oxygen atoms in total. The Kier molecular flexibility index (Phi) is 4.30. The molecule has 152 valence electrons. The molecule has 7 heteroatoms. The molecular weight excluding hydrogens is 376 g/mol. The zero-order valence-corrected chi connectivity index (χ0v) is 17.5. The van der Waals surface area contributed by atoms with Crippen molar-refractivity contribution in [3.8, 4) is 0 Å². The maximum absolute atomic E-state index is 12.3. The van der Waals surface area contributed by atoms with Crippen LogP contribution in [0.3, 0.4) is 0 Å². The van der Waals surface area contributed by atoms with E-state index in [9.17, 15) is 13.2 Å². The average molecular weight is 405 g/mol. The number of carbonyl (C=O) groups is 1. The number of rotatable bonds is 5. The van der Waals surface area contributed by atoms with E-state index in [-0.39, 0.29) is 28.6 Å². The molecule has 3 aliphatic rings. The first kappa shape index (κ1) is 19.3. The second-order valence-electron chi connectivity index (χ2n) is 9.16. The van der Waals surface area contributed by atoms with Crippen molar-refractivity contribution in [2.24, 2.45) is 11.8 Å². The van der Waals surface area contributed by atoms with E-state index in [1.165, 1.54) is 0 Å². The van der Waals surface area contributed by atoms with Crippen LogP contribution in [-0.2, 0) is 20.2 Å². The number of anilines is 1.